The smallest absolute Gasteiger partial charge is 0.302 e. The van der Waals surface area contributed by atoms with Gasteiger partial charge >= 0.3 is 5.97 Å². The third-order valence-electron chi connectivity index (χ3n) is 11.2. The molecule has 0 radical (unpaired) electrons. The van der Waals surface area contributed by atoms with Crippen LogP contribution in [0.1, 0.15) is 55.0 Å². The van der Waals surface area contributed by atoms with Crippen molar-refractivity contribution in [2.24, 2.45) is 12.5 Å². The standard InChI is InChI=1S/C40H46FN7O5/c1-24-19-45(30-21-52-22-30)8-9-46(24)29-6-7-37(42-18-29)43-33-12-27(20-44(5)38(33)50)31-14-28(41)15-34(32(31)23-53-25(2)49)48-11-10-47-35(39(48)51)13-26-16-40(3,4)17-36(26)47/h6-7,12-15,18,20,24,30H,8-11,16-17,19,21-23H2,1-5H3,(H,42,43)/t24-/m0/s1. The number of ether oxygens (including phenoxy) is 2. The molecule has 1 amide bonds. The molecule has 1 N–H and O–H groups in total. The van der Waals surface area contributed by atoms with Crippen LogP contribution in [0.4, 0.5) is 27.3 Å². The largest absolute Gasteiger partial charge is 0.461 e. The molecule has 6 heterocycles. The minimum Gasteiger partial charge on any atom is -0.461 e. The highest BCUT2D eigenvalue weighted by atomic mass is 19.1. The Kier molecular flexibility index (Phi) is 8.89. The molecule has 4 aliphatic rings. The number of nitrogens with one attached hydrogen (secondary N) is 1. The lowest BCUT2D eigenvalue weighted by Gasteiger charge is -2.46. The average molecular weight is 724 g/mol. The van der Waals surface area contributed by atoms with Crippen molar-refractivity contribution >= 4 is 34.8 Å². The number of esters is 1. The lowest BCUT2D eigenvalue weighted by molar-refractivity contribution is -0.142. The maximum atomic E-state index is 15.7. The lowest BCUT2D eigenvalue weighted by Crippen LogP contribution is -2.59. The second kappa shape index (κ2) is 13.4. The number of pyridine rings is 2. The Morgan fingerprint density at radius 1 is 1.08 bits per heavy atom. The van der Waals surface area contributed by atoms with E-state index in [2.05, 4.69) is 45.4 Å². The summed E-state index contributed by atoms with van der Waals surface area (Å²) < 4.78 is 30.1. The summed E-state index contributed by atoms with van der Waals surface area (Å²) in [5.74, 6) is -0.814. The van der Waals surface area contributed by atoms with E-state index in [9.17, 15) is 14.4 Å². The second-order valence-electron chi connectivity index (χ2n) is 15.7. The Balaban J connectivity index is 1.09. The Morgan fingerprint density at radius 2 is 1.89 bits per heavy atom. The first-order valence-corrected chi connectivity index (χ1v) is 18.4. The van der Waals surface area contributed by atoms with Gasteiger partial charge in [0.15, 0.2) is 0 Å². The molecule has 53 heavy (non-hydrogen) atoms. The van der Waals surface area contributed by atoms with Crippen LogP contribution in [-0.4, -0.2) is 82.4 Å². The van der Waals surface area contributed by atoms with Gasteiger partial charge in [0.2, 0.25) is 0 Å². The number of halogens is 1. The van der Waals surface area contributed by atoms with Gasteiger partial charge < -0.3 is 33.7 Å². The molecular weight excluding hydrogens is 677 g/mol. The summed E-state index contributed by atoms with van der Waals surface area (Å²) >= 11 is 0. The number of anilines is 4. The second-order valence-corrected chi connectivity index (χ2v) is 15.7. The summed E-state index contributed by atoms with van der Waals surface area (Å²) in [5, 5.41) is 3.17. The van der Waals surface area contributed by atoms with Crippen molar-refractivity contribution in [3.63, 3.8) is 0 Å². The van der Waals surface area contributed by atoms with Gasteiger partial charge in [0.05, 0.1) is 36.8 Å². The minimum absolute atomic E-state index is 0.143. The summed E-state index contributed by atoms with van der Waals surface area (Å²) in [6, 6.07) is 11.0. The molecule has 3 aliphatic heterocycles. The fourth-order valence-corrected chi connectivity index (χ4v) is 8.44. The Hall–Kier alpha value is -5.01. The highest BCUT2D eigenvalue weighted by molar-refractivity contribution is 6.07. The quantitative estimate of drug-likeness (QED) is 0.254. The van der Waals surface area contributed by atoms with Gasteiger partial charge in [-0.2, -0.15) is 0 Å². The number of hydrogen-bond acceptors (Lipinski definition) is 9. The van der Waals surface area contributed by atoms with Crippen LogP contribution in [0, 0.1) is 11.2 Å². The van der Waals surface area contributed by atoms with Gasteiger partial charge in [-0.1, -0.05) is 13.8 Å². The molecule has 1 atom stereocenters. The summed E-state index contributed by atoms with van der Waals surface area (Å²) in [6.07, 6.45) is 5.22. The number of rotatable bonds is 8. The number of nitrogens with zero attached hydrogens (tertiary/aromatic N) is 6. The van der Waals surface area contributed by atoms with E-state index < -0.39 is 11.8 Å². The van der Waals surface area contributed by atoms with Gasteiger partial charge in [-0.15, -0.1) is 0 Å². The van der Waals surface area contributed by atoms with E-state index in [1.165, 1.54) is 34.9 Å². The van der Waals surface area contributed by atoms with Gasteiger partial charge in [0.25, 0.3) is 11.5 Å². The lowest BCUT2D eigenvalue weighted by atomic mass is 9.90. The number of aryl methyl sites for hydroxylation is 1. The van der Waals surface area contributed by atoms with Crippen molar-refractivity contribution in [1.29, 1.82) is 0 Å². The van der Waals surface area contributed by atoms with Gasteiger partial charge in [0, 0.05) is 75.8 Å². The van der Waals surface area contributed by atoms with E-state index in [-0.39, 0.29) is 29.2 Å². The fraction of sp³-hybridized carbons (Fsp3) is 0.450. The Morgan fingerprint density at radius 3 is 2.58 bits per heavy atom. The van der Waals surface area contributed by atoms with Crippen LogP contribution in [0.15, 0.2) is 53.6 Å². The molecule has 4 aromatic rings. The molecule has 3 aromatic heterocycles. The predicted octanol–water partition coefficient (Wildman–Crippen LogP) is 4.89. The topological polar surface area (TPSA) is 114 Å². The highest BCUT2D eigenvalue weighted by Gasteiger charge is 2.38. The molecular formula is C40H46FN7O5. The van der Waals surface area contributed by atoms with E-state index in [1.54, 1.807) is 24.2 Å². The predicted molar refractivity (Wildman–Crippen MR) is 200 cm³/mol. The maximum Gasteiger partial charge on any atom is 0.302 e. The van der Waals surface area contributed by atoms with Crippen molar-refractivity contribution in [3.05, 3.63) is 87.5 Å². The van der Waals surface area contributed by atoms with Gasteiger partial charge in [-0.3, -0.25) is 19.3 Å². The van der Waals surface area contributed by atoms with Crippen molar-refractivity contribution < 1.29 is 23.5 Å². The first kappa shape index (κ1) is 35.0. The number of fused-ring (bicyclic) bond motifs is 3. The number of amides is 1. The van der Waals surface area contributed by atoms with Crippen LogP contribution in [0.5, 0.6) is 0 Å². The molecule has 0 bridgehead atoms. The number of benzene rings is 1. The van der Waals surface area contributed by atoms with E-state index in [0.29, 0.717) is 59.1 Å². The van der Waals surface area contributed by atoms with Crippen LogP contribution in [0.25, 0.3) is 11.1 Å². The van der Waals surface area contributed by atoms with Crippen molar-refractivity contribution in [3.8, 4) is 11.1 Å². The molecule has 8 rings (SSSR count). The molecule has 0 saturated carbocycles. The van der Waals surface area contributed by atoms with Crippen molar-refractivity contribution in [2.45, 2.75) is 65.8 Å². The molecule has 13 heteroatoms. The van der Waals surface area contributed by atoms with Gasteiger partial charge in [-0.25, -0.2) is 9.37 Å². The van der Waals surface area contributed by atoms with Crippen molar-refractivity contribution in [1.82, 2.24) is 19.0 Å². The normalized spacial score (nSPS) is 19.9. The van der Waals surface area contributed by atoms with Gasteiger partial charge in [-0.05, 0) is 72.7 Å². The Labute approximate surface area is 308 Å². The first-order valence-electron chi connectivity index (χ1n) is 18.4. The number of aromatic nitrogens is 3. The molecule has 0 spiro atoms. The molecule has 2 fully saturated rings. The minimum atomic E-state index is -0.559. The highest BCUT2D eigenvalue weighted by Crippen LogP contribution is 2.41. The SMILES string of the molecule is CC(=O)OCc1c(-c2cc(Nc3ccc(N4CCN(C5COC5)C[C@@H]4C)cn3)c(=O)n(C)c2)cc(F)cc1N1CCn2c(cc3c2CC(C)(C)C3)C1=O. The van der Waals surface area contributed by atoms with Gasteiger partial charge in [0.1, 0.15) is 29.6 Å². The molecule has 2 saturated heterocycles. The third-order valence-corrected chi connectivity index (χ3v) is 11.2. The number of carbonyl (C=O) groups is 2. The van der Waals surface area contributed by atoms with Crippen molar-refractivity contribution in [2.75, 3.05) is 54.5 Å². The van der Waals surface area contributed by atoms with Crippen LogP contribution in [0.2, 0.25) is 0 Å². The zero-order valence-electron chi connectivity index (χ0n) is 30.9. The molecule has 278 valence electrons. The summed E-state index contributed by atoms with van der Waals surface area (Å²) in [6.45, 7) is 13.1. The number of piperazine rings is 1. The Bertz CT molecular complexity index is 2160. The molecule has 0 unspecified atom stereocenters. The molecule has 1 aromatic carbocycles. The van der Waals surface area contributed by atoms with Crippen LogP contribution >= 0.6 is 0 Å². The first-order chi connectivity index (χ1) is 25.3. The monoisotopic (exact) mass is 723 g/mol. The fourth-order valence-electron chi connectivity index (χ4n) is 8.44. The van der Waals surface area contributed by atoms with Crippen LogP contribution in [0.3, 0.4) is 0 Å². The van der Waals surface area contributed by atoms with E-state index in [4.69, 9.17) is 9.47 Å². The zero-order chi connectivity index (χ0) is 37.2. The maximum absolute atomic E-state index is 15.7. The summed E-state index contributed by atoms with van der Waals surface area (Å²) in [4.78, 5) is 50.7. The number of hydrogen-bond donors (Lipinski definition) is 1. The van der Waals surface area contributed by atoms with E-state index in [0.717, 1.165) is 51.4 Å². The average Bonchev–Trinajstić information content (AvgIpc) is 3.58. The van der Waals surface area contributed by atoms with Crippen LogP contribution in [-0.2, 0) is 47.3 Å². The number of carbonyl (C=O) groups excluding carboxylic acids is 2. The molecule has 12 nitrogen and oxygen atoms in total. The molecule has 1 aliphatic carbocycles. The third kappa shape index (κ3) is 6.61. The van der Waals surface area contributed by atoms with E-state index >= 15 is 4.39 Å². The summed E-state index contributed by atoms with van der Waals surface area (Å²) in [7, 11) is 1.62. The van der Waals surface area contributed by atoms with Crippen LogP contribution < -0.4 is 20.7 Å². The summed E-state index contributed by atoms with van der Waals surface area (Å²) in [5.41, 5.74) is 5.75. The zero-order valence-corrected chi connectivity index (χ0v) is 30.9. The van der Waals surface area contributed by atoms with E-state index in [1.807, 2.05) is 24.4 Å².